The molecule has 0 N–H and O–H groups in total. The molecule has 0 aromatic heterocycles. The SMILES string of the molecule is C[Si](C)(C)c1cc(Cl)cc(-c2cccc([N+](=O)[O-])c2)c1OS(=O)(=O)C(F)(F)F. The maximum atomic E-state index is 12.9. The van der Waals surface area contributed by atoms with Gasteiger partial charge in [-0.15, -0.1) is 0 Å². The molecule has 0 aliphatic rings. The largest absolute Gasteiger partial charge is 0.534 e. The molecule has 0 atom stereocenters. The lowest BCUT2D eigenvalue weighted by molar-refractivity contribution is -0.384. The lowest BCUT2D eigenvalue weighted by Crippen LogP contribution is -2.40. The number of nitro groups is 1. The van der Waals surface area contributed by atoms with Crippen LogP contribution >= 0.6 is 11.6 Å². The van der Waals surface area contributed by atoms with Gasteiger partial charge in [-0.2, -0.15) is 21.6 Å². The molecule has 28 heavy (non-hydrogen) atoms. The van der Waals surface area contributed by atoms with Crippen molar-refractivity contribution in [1.82, 2.24) is 0 Å². The van der Waals surface area contributed by atoms with Gasteiger partial charge in [-0.05, 0) is 22.9 Å². The second kappa shape index (κ2) is 7.37. The van der Waals surface area contributed by atoms with E-state index in [0.29, 0.717) is 0 Å². The number of benzene rings is 2. The van der Waals surface area contributed by atoms with Crippen LogP contribution in [0.15, 0.2) is 36.4 Å². The summed E-state index contributed by atoms with van der Waals surface area (Å²) in [5.41, 5.74) is -5.94. The third kappa shape index (κ3) is 4.65. The van der Waals surface area contributed by atoms with Crippen molar-refractivity contribution in [2.24, 2.45) is 0 Å². The van der Waals surface area contributed by atoms with Crippen molar-refractivity contribution in [2.75, 3.05) is 0 Å². The third-order valence-electron chi connectivity index (χ3n) is 3.71. The standard InChI is InChI=1S/C16H15ClF3NO5SSi/c1-28(2,3)14-9-11(17)8-13(10-5-4-6-12(7-10)21(22)23)15(14)26-27(24,25)16(18,19)20/h4-9H,1-3H3. The zero-order chi connectivity index (χ0) is 21.5. The molecule has 0 aliphatic carbocycles. The van der Waals surface area contributed by atoms with Crippen molar-refractivity contribution >= 4 is 40.7 Å². The monoisotopic (exact) mass is 453 g/mol. The lowest BCUT2D eigenvalue weighted by Gasteiger charge is -2.24. The molecule has 0 radical (unpaired) electrons. The Labute approximate surface area is 165 Å². The zero-order valence-electron chi connectivity index (χ0n) is 14.9. The van der Waals surface area contributed by atoms with Crippen LogP contribution in [0.1, 0.15) is 0 Å². The van der Waals surface area contributed by atoms with Crippen molar-refractivity contribution in [1.29, 1.82) is 0 Å². The molecule has 0 heterocycles. The molecule has 6 nitrogen and oxygen atoms in total. The first-order valence-corrected chi connectivity index (χ1v) is 13.0. The van der Waals surface area contributed by atoms with Crippen LogP contribution in [0, 0.1) is 10.1 Å². The summed E-state index contributed by atoms with van der Waals surface area (Å²) >= 11 is 6.10. The Hall–Kier alpha value is -2.11. The molecular weight excluding hydrogens is 439 g/mol. The van der Waals surface area contributed by atoms with E-state index in [-0.39, 0.29) is 27.0 Å². The predicted octanol–water partition coefficient (Wildman–Crippen LogP) is 4.69. The highest BCUT2D eigenvalue weighted by molar-refractivity contribution is 7.88. The highest BCUT2D eigenvalue weighted by Crippen LogP contribution is 2.37. The number of nitro benzene ring substituents is 1. The first-order valence-electron chi connectivity index (χ1n) is 7.73. The number of halogens is 4. The van der Waals surface area contributed by atoms with Crippen LogP contribution in [-0.4, -0.2) is 26.9 Å². The fourth-order valence-electron chi connectivity index (χ4n) is 2.40. The quantitative estimate of drug-likeness (QED) is 0.215. The average molecular weight is 454 g/mol. The van der Waals surface area contributed by atoms with E-state index in [2.05, 4.69) is 4.18 Å². The molecule has 2 rings (SSSR count). The number of rotatable bonds is 5. The van der Waals surface area contributed by atoms with Gasteiger partial charge in [-0.3, -0.25) is 10.1 Å². The highest BCUT2D eigenvalue weighted by atomic mass is 35.5. The summed E-state index contributed by atoms with van der Waals surface area (Å²) in [6.45, 7) is 5.30. The second-order valence-corrected chi connectivity index (χ2v) is 13.9. The molecule has 0 aliphatic heterocycles. The number of non-ortho nitro benzene ring substituents is 1. The maximum absolute atomic E-state index is 12.9. The van der Waals surface area contributed by atoms with Crippen LogP contribution in [-0.2, 0) is 10.1 Å². The van der Waals surface area contributed by atoms with Crippen LogP contribution in [0.3, 0.4) is 0 Å². The van der Waals surface area contributed by atoms with Gasteiger partial charge in [0.1, 0.15) is 5.75 Å². The minimum Gasteiger partial charge on any atom is -0.375 e. The molecule has 2 aromatic rings. The summed E-state index contributed by atoms with van der Waals surface area (Å²) in [5.74, 6) is -0.526. The molecule has 2 aromatic carbocycles. The summed E-state index contributed by atoms with van der Waals surface area (Å²) in [4.78, 5) is 10.4. The van der Waals surface area contributed by atoms with E-state index in [0.717, 1.165) is 6.07 Å². The highest BCUT2D eigenvalue weighted by Gasteiger charge is 2.49. The molecule has 0 amide bonds. The topological polar surface area (TPSA) is 86.5 Å². The van der Waals surface area contributed by atoms with Gasteiger partial charge < -0.3 is 4.18 Å². The number of nitrogens with zero attached hydrogens (tertiary/aromatic N) is 1. The fourth-order valence-corrected chi connectivity index (χ4v) is 4.73. The van der Waals surface area contributed by atoms with E-state index >= 15 is 0 Å². The zero-order valence-corrected chi connectivity index (χ0v) is 17.4. The fraction of sp³-hybridized carbons (Fsp3) is 0.250. The second-order valence-electron chi connectivity index (χ2n) is 6.87. The summed E-state index contributed by atoms with van der Waals surface area (Å²) < 4.78 is 66.6. The Morgan fingerprint density at radius 1 is 1.14 bits per heavy atom. The van der Waals surface area contributed by atoms with Gasteiger partial charge in [0, 0.05) is 22.7 Å². The van der Waals surface area contributed by atoms with Crippen LogP contribution in [0.25, 0.3) is 11.1 Å². The van der Waals surface area contributed by atoms with Gasteiger partial charge in [0.15, 0.2) is 0 Å². The Morgan fingerprint density at radius 2 is 1.75 bits per heavy atom. The van der Waals surface area contributed by atoms with Crippen LogP contribution in [0.5, 0.6) is 5.75 Å². The van der Waals surface area contributed by atoms with Gasteiger partial charge in [0.2, 0.25) is 0 Å². The Bertz CT molecular complexity index is 1040. The molecule has 0 saturated carbocycles. The number of hydrogen-bond acceptors (Lipinski definition) is 5. The molecule has 0 unspecified atom stereocenters. The van der Waals surface area contributed by atoms with E-state index in [9.17, 15) is 31.7 Å². The van der Waals surface area contributed by atoms with Crippen molar-refractivity contribution in [2.45, 2.75) is 25.1 Å². The van der Waals surface area contributed by atoms with Crippen LogP contribution < -0.4 is 9.37 Å². The molecule has 12 heteroatoms. The normalized spacial score (nSPS) is 12.7. The molecule has 0 spiro atoms. The van der Waals surface area contributed by atoms with Crippen LogP contribution in [0.2, 0.25) is 24.7 Å². The smallest absolute Gasteiger partial charge is 0.375 e. The molecule has 0 saturated heterocycles. The van der Waals surface area contributed by atoms with Gasteiger partial charge in [0.05, 0.1) is 13.0 Å². The third-order valence-corrected chi connectivity index (χ3v) is 6.86. The van der Waals surface area contributed by atoms with E-state index in [1.807, 2.05) is 0 Å². The predicted molar refractivity (Wildman–Crippen MR) is 102 cm³/mol. The number of alkyl halides is 3. The van der Waals surface area contributed by atoms with Crippen molar-refractivity contribution in [3.63, 3.8) is 0 Å². The molecule has 0 fully saturated rings. The van der Waals surface area contributed by atoms with Crippen LogP contribution in [0.4, 0.5) is 18.9 Å². The first-order chi connectivity index (χ1) is 12.6. The Balaban J connectivity index is 2.84. The maximum Gasteiger partial charge on any atom is 0.534 e. The summed E-state index contributed by atoms with van der Waals surface area (Å²) in [5, 5.41) is 11.4. The Kier molecular flexibility index (Phi) is 5.84. The van der Waals surface area contributed by atoms with E-state index in [4.69, 9.17) is 11.6 Å². The van der Waals surface area contributed by atoms with Gasteiger partial charge in [-0.1, -0.05) is 43.4 Å². The summed E-state index contributed by atoms with van der Waals surface area (Å²) in [6, 6.07) is 7.58. The number of hydrogen-bond donors (Lipinski definition) is 0. The van der Waals surface area contributed by atoms with Crippen molar-refractivity contribution in [3.05, 3.63) is 51.5 Å². The van der Waals surface area contributed by atoms with Crippen molar-refractivity contribution in [3.8, 4) is 16.9 Å². The van der Waals surface area contributed by atoms with E-state index in [1.54, 1.807) is 19.6 Å². The van der Waals surface area contributed by atoms with Gasteiger partial charge >= 0.3 is 15.6 Å². The first kappa shape index (κ1) is 22.2. The van der Waals surface area contributed by atoms with Gasteiger partial charge in [-0.25, -0.2) is 0 Å². The van der Waals surface area contributed by atoms with E-state index < -0.39 is 34.4 Å². The minimum atomic E-state index is -5.96. The van der Waals surface area contributed by atoms with Crippen molar-refractivity contribution < 1.29 is 30.7 Å². The molecule has 152 valence electrons. The average Bonchev–Trinajstić information content (AvgIpc) is 2.54. The van der Waals surface area contributed by atoms with E-state index in [1.165, 1.54) is 30.3 Å². The summed E-state index contributed by atoms with van der Waals surface area (Å²) in [7, 11) is -8.40. The molecular formula is C16H15ClF3NO5SSi. The summed E-state index contributed by atoms with van der Waals surface area (Å²) in [6.07, 6.45) is 0. The van der Waals surface area contributed by atoms with Gasteiger partial charge in [0.25, 0.3) is 5.69 Å². The Morgan fingerprint density at radius 3 is 2.25 bits per heavy atom. The minimum absolute atomic E-state index is 0.0820. The molecule has 0 bridgehead atoms. The lowest BCUT2D eigenvalue weighted by atomic mass is 10.0.